The van der Waals surface area contributed by atoms with Crippen molar-refractivity contribution in [1.82, 2.24) is 10.6 Å². The van der Waals surface area contributed by atoms with Crippen LogP contribution < -0.4 is 24.8 Å². The second-order valence-corrected chi connectivity index (χ2v) is 5.24. The fraction of sp³-hybridized carbons (Fsp3) is 0.611. The molecule has 0 unspecified atom stereocenters. The first kappa shape index (κ1) is 20.9. The Hall–Kier alpha value is -2.15. The van der Waals surface area contributed by atoms with Crippen molar-refractivity contribution in [3.05, 3.63) is 17.7 Å². The van der Waals surface area contributed by atoms with E-state index in [2.05, 4.69) is 15.6 Å². The lowest BCUT2D eigenvalue weighted by molar-refractivity contribution is 0.145. The van der Waals surface area contributed by atoms with Gasteiger partial charge in [-0.3, -0.25) is 4.99 Å². The van der Waals surface area contributed by atoms with Crippen LogP contribution in [-0.4, -0.2) is 60.6 Å². The first-order valence-corrected chi connectivity index (χ1v) is 8.51. The number of benzene rings is 1. The summed E-state index contributed by atoms with van der Waals surface area (Å²) in [4.78, 5) is 4.22. The van der Waals surface area contributed by atoms with Crippen molar-refractivity contribution in [2.75, 3.05) is 54.7 Å². The minimum absolute atomic E-state index is 0.699. The van der Waals surface area contributed by atoms with E-state index in [0.717, 1.165) is 55.6 Å². The highest BCUT2D eigenvalue weighted by Crippen LogP contribution is 2.34. The molecule has 7 nitrogen and oxygen atoms in total. The van der Waals surface area contributed by atoms with Gasteiger partial charge in [-0.1, -0.05) is 0 Å². The van der Waals surface area contributed by atoms with E-state index in [1.54, 1.807) is 28.4 Å². The summed E-state index contributed by atoms with van der Waals surface area (Å²) in [6, 6.07) is 3.72. The highest BCUT2D eigenvalue weighted by molar-refractivity contribution is 5.79. The molecule has 0 aliphatic carbocycles. The van der Waals surface area contributed by atoms with Gasteiger partial charge >= 0.3 is 0 Å². The van der Waals surface area contributed by atoms with Crippen molar-refractivity contribution < 1.29 is 18.9 Å². The molecule has 1 aromatic rings. The monoisotopic (exact) mass is 353 g/mol. The molecule has 0 heterocycles. The Morgan fingerprint density at radius 3 is 2.16 bits per heavy atom. The van der Waals surface area contributed by atoms with Crippen LogP contribution in [0.4, 0.5) is 0 Å². The van der Waals surface area contributed by atoms with E-state index in [4.69, 9.17) is 18.9 Å². The molecule has 0 fully saturated rings. The number of aliphatic imine (C=N–C) groups is 1. The Morgan fingerprint density at radius 2 is 1.64 bits per heavy atom. The van der Waals surface area contributed by atoms with Gasteiger partial charge in [-0.2, -0.15) is 0 Å². The zero-order valence-electron chi connectivity index (χ0n) is 16.0. The summed E-state index contributed by atoms with van der Waals surface area (Å²) in [6.45, 7) is 5.01. The molecule has 0 bridgehead atoms. The second-order valence-electron chi connectivity index (χ2n) is 5.24. The molecule has 7 heteroatoms. The number of ether oxygens (including phenoxy) is 4. The Kier molecular flexibility index (Phi) is 10.2. The first-order chi connectivity index (χ1) is 12.2. The van der Waals surface area contributed by atoms with Crippen LogP contribution in [0.2, 0.25) is 0 Å². The van der Waals surface area contributed by atoms with E-state index >= 15 is 0 Å². The predicted molar refractivity (Wildman–Crippen MR) is 100 cm³/mol. The van der Waals surface area contributed by atoms with Crippen molar-refractivity contribution in [2.45, 2.75) is 19.8 Å². The van der Waals surface area contributed by atoms with E-state index in [1.807, 2.05) is 19.1 Å². The molecule has 0 aliphatic rings. The standard InChI is InChI=1S/C18H31N3O4/c1-6-25-11-7-9-20-18(19-2)21-10-8-15-16(23-4)12-14(22-3)13-17(15)24-5/h12-13H,6-11H2,1-5H3,(H2,19,20,21). The fourth-order valence-electron chi connectivity index (χ4n) is 2.38. The lowest BCUT2D eigenvalue weighted by Crippen LogP contribution is -2.39. The summed E-state index contributed by atoms with van der Waals surface area (Å²) in [6.07, 6.45) is 1.67. The number of guanidine groups is 1. The molecular weight excluding hydrogens is 322 g/mol. The molecule has 0 spiro atoms. The van der Waals surface area contributed by atoms with E-state index in [0.29, 0.717) is 12.3 Å². The molecule has 1 aromatic carbocycles. The van der Waals surface area contributed by atoms with Gasteiger partial charge in [-0.25, -0.2) is 0 Å². The lowest BCUT2D eigenvalue weighted by Gasteiger charge is -2.16. The zero-order chi connectivity index (χ0) is 18.5. The summed E-state index contributed by atoms with van der Waals surface area (Å²) in [5.41, 5.74) is 0.991. The summed E-state index contributed by atoms with van der Waals surface area (Å²) < 4.78 is 21.5. The smallest absolute Gasteiger partial charge is 0.190 e. The van der Waals surface area contributed by atoms with Crippen LogP contribution in [0.1, 0.15) is 18.9 Å². The number of nitrogens with one attached hydrogen (secondary N) is 2. The van der Waals surface area contributed by atoms with Gasteiger partial charge < -0.3 is 29.6 Å². The maximum atomic E-state index is 5.47. The van der Waals surface area contributed by atoms with E-state index < -0.39 is 0 Å². The third-order valence-corrected chi connectivity index (χ3v) is 3.67. The van der Waals surface area contributed by atoms with Gasteiger partial charge in [0.15, 0.2) is 5.96 Å². The lowest BCUT2D eigenvalue weighted by atomic mass is 10.1. The normalized spacial score (nSPS) is 11.2. The van der Waals surface area contributed by atoms with Crippen LogP contribution in [-0.2, 0) is 11.2 Å². The molecule has 0 radical (unpaired) electrons. The molecule has 0 amide bonds. The van der Waals surface area contributed by atoms with Crippen LogP contribution in [0.25, 0.3) is 0 Å². The molecule has 0 aliphatic heterocycles. The van der Waals surface area contributed by atoms with Gasteiger partial charge in [-0.15, -0.1) is 0 Å². The third-order valence-electron chi connectivity index (χ3n) is 3.67. The molecule has 2 N–H and O–H groups in total. The SMILES string of the molecule is CCOCCCNC(=NC)NCCc1c(OC)cc(OC)cc1OC. The maximum absolute atomic E-state index is 5.47. The Labute approximate surface area is 150 Å². The molecule has 25 heavy (non-hydrogen) atoms. The van der Waals surface area contributed by atoms with Crippen LogP contribution in [0.15, 0.2) is 17.1 Å². The maximum Gasteiger partial charge on any atom is 0.190 e. The summed E-state index contributed by atoms with van der Waals surface area (Å²) in [7, 11) is 6.66. The summed E-state index contributed by atoms with van der Waals surface area (Å²) >= 11 is 0. The number of methoxy groups -OCH3 is 3. The van der Waals surface area contributed by atoms with Gasteiger partial charge in [0.2, 0.25) is 0 Å². The quantitative estimate of drug-likeness (QED) is 0.359. The number of hydrogen-bond acceptors (Lipinski definition) is 5. The minimum atomic E-state index is 0.699. The molecule has 0 atom stereocenters. The van der Waals surface area contributed by atoms with Crippen molar-refractivity contribution in [3.63, 3.8) is 0 Å². The van der Waals surface area contributed by atoms with E-state index in [9.17, 15) is 0 Å². The van der Waals surface area contributed by atoms with Crippen molar-refractivity contribution in [1.29, 1.82) is 0 Å². The average molecular weight is 353 g/mol. The largest absolute Gasteiger partial charge is 0.496 e. The fourth-order valence-corrected chi connectivity index (χ4v) is 2.38. The Bertz CT molecular complexity index is 510. The summed E-state index contributed by atoms with van der Waals surface area (Å²) in [5, 5.41) is 6.56. The Morgan fingerprint density at radius 1 is 1.00 bits per heavy atom. The highest BCUT2D eigenvalue weighted by atomic mass is 16.5. The Balaban J connectivity index is 2.56. The molecule has 1 rings (SSSR count). The minimum Gasteiger partial charge on any atom is -0.496 e. The van der Waals surface area contributed by atoms with Gasteiger partial charge in [-0.05, 0) is 19.8 Å². The predicted octanol–water partition coefficient (Wildman–Crippen LogP) is 1.85. The third kappa shape index (κ3) is 7.09. The topological polar surface area (TPSA) is 73.3 Å². The van der Waals surface area contributed by atoms with Gasteiger partial charge in [0.25, 0.3) is 0 Å². The van der Waals surface area contributed by atoms with Crippen LogP contribution in [0.5, 0.6) is 17.2 Å². The molecule has 0 saturated heterocycles. The van der Waals surface area contributed by atoms with Crippen molar-refractivity contribution in [2.24, 2.45) is 4.99 Å². The number of hydrogen-bond donors (Lipinski definition) is 2. The molecule has 0 aromatic heterocycles. The van der Waals surface area contributed by atoms with Crippen LogP contribution >= 0.6 is 0 Å². The molecular formula is C18H31N3O4. The van der Waals surface area contributed by atoms with Gasteiger partial charge in [0.1, 0.15) is 17.2 Å². The number of nitrogens with zero attached hydrogens (tertiary/aromatic N) is 1. The van der Waals surface area contributed by atoms with Crippen molar-refractivity contribution >= 4 is 5.96 Å². The number of rotatable bonds is 11. The molecule has 0 saturated carbocycles. The second kappa shape index (κ2) is 12.2. The van der Waals surface area contributed by atoms with Crippen molar-refractivity contribution in [3.8, 4) is 17.2 Å². The van der Waals surface area contributed by atoms with E-state index in [1.165, 1.54) is 0 Å². The highest BCUT2D eigenvalue weighted by Gasteiger charge is 2.13. The van der Waals surface area contributed by atoms with Crippen LogP contribution in [0, 0.1) is 0 Å². The van der Waals surface area contributed by atoms with Crippen LogP contribution in [0.3, 0.4) is 0 Å². The van der Waals surface area contributed by atoms with Gasteiger partial charge in [0, 0.05) is 51.0 Å². The molecule has 142 valence electrons. The van der Waals surface area contributed by atoms with Gasteiger partial charge in [0.05, 0.1) is 21.3 Å². The first-order valence-electron chi connectivity index (χ1n) is 8.51. The zero-order valence-corrected chi connectivity index (χ0v) is 16.0. The van der Waals surface area contributed by atoms with E-state index in [-0.39, 0.29) is 0 Å². The summed E-state index contributed by atoms with van der Waals surface area (Å²) in [5.74, 6) is 2.97. The average Bonchev–Trinajstić information content (AvgIpc) is 2.65.